The fourth-order valence-electron chi connectivity index (χ4n) is 1.17. The Morgan fingerprint density at radius 3 is 1.86 bits per heavy atom. The number of rotatable bonds is 2. The van der Waals surface area contributed by atoms with E-state index in [2.05, 4.69) is 52.3 Å². The lowest BCUT2D eigenvalue weighted by atomic mass is 10.1. The van der Waals surface area contributed by atoms with Crippen molar-refractivity contribution in [3.05, 3.63) is 35.4 Å². The van der Waals surface area contributed by atoms with Gasteiger partial charge in [-0.05, 0) is 6.92 Å². The molecule has 0 aliphatic rings. The van der Waals surface area contributed by atoms with E-state index >= 15 is 0 Å². The molecule has 80 valence electrons. The van der Waals surface area contributed by atoms with Crippen molar-refractivity contribution in [2.75, 3.05) is 21.1 Å². The Morgan fingerprint density at radius 2 is 1.50 bits per heavy atom. The van der Waals surface area contributed by atoms with Crippen molar-refractivity contribution >= 4 is 11.6 Å². The largest absolute Gasteiger partial charge is 1.00 e. The Labute approximate surface area is 97.7 Å². The summed E-state index contributed by atoms with van der Waals surface area (Å²) in [5.41, 5.74) is 2.48. The maximum absolute atomic E-state index is 6.31. The molecule has 1 atom stereocenters. The van der Waals surface area contributed by atoms with E-state index in [1.165, 1.54) is 11.1 Å². The molecule has 0 aromatic heterocycles. The summed E-state index contributed by atoms with van der Waals surface area (Å²) >= 11 is 6.31. The molecule has 0 bridgehead atoms. The molecule has 0 saturated carbocycles. The average molecular weight is 234 g/mol. The first-order chi connectivity index (χ1) is 5.91. The number of benzene rings is 1. The average Bonchev–Trinajstić information content (AvgIpc) is 2.03. The molecular formula is C11H17Cl2N. The van der Waals surface area contributed by atoms with Crippen LogP contribution in [-0.2, 0) is 0 Å². The second kappa shape index (κ2) is 5.01. The van der Waals surface area contributed by atoms with Crippen LogP contribution in [0, 0.1) is 6.92 Å². The molecular weight excluding hydrogens is 217 g/mol. The number of nitrogens with zero attached hydrogens (tertiary/aromatic N) is 1. The van der Waals surface area contributed by atoms with Gasteiger partial charge < -0.3 is 16.9 Å². The Bertz CT molecular complexity index is 274. The van der Waals surface area contributed by atoms with Crippen molar-refractivity contribution in [1.82, 2.24) is 0 Å². The third-order valence-corrected chi connectivity index (χ3v) is 2.87. The minimum absolute atomic E-state index is 0. The quantitative estimate of drug-likeness (QED) is 0.382. The summed E-state index contributed by atoms with van der Waals surface area (Å²) in [5.74, 6) is 0. The summed E-state index contributed by atoms with van der Waals surface area (Å²) in [7, 11) is 6.28. The van der Waals surface area contributed by atoms with Crippen molar-refractivity contribution in [2.24, 2.45) is 0 Å². The lowest BCUT2D eigenvalue weighted by Crippen LogP contribution is -3.00. The van der Waals surface area contributed by atoms with Crippen molar-refractivity contribution in [1.29, 1.82) is 0 Å². The normalized spacial score (nSPS) is 13.2. The molecule has 0 aliphatic heterocycles. The second-order valence-electron chi connectivity index (χ2n) is 4.36. The smallest absolute Gasteiger partial charge is 0.190 e. The van der Waals surface area contributed by atoms with Crippen LogP contribution in [0.25, 0.3) is 0 Å². The minimum atomic E-state index is 0. The third-order valence-electron chi connectivity index (χ3n) is 2.03. The summed E-state index contributed by atoms with van der Waals surface area (Å²) < 4.78 is 0.741. The van der Waals surface area contributed by atoms with E-state index in [-0.39, 0.29) is 17.9 Å². The van der Waals surface area contributed by atoms with Crippen LogP contribution >= 0.6 is 11.6 Å². The van der Waals surface area contributed by atoms with Gasteiger partial charge in [-0.1, -0.05) is 41.4 Å². The van der Waals surface area contributed by atoms with Gasteiger partial charge >= 0.3 is 0 Å². The van der Waals surface area contributed by atoms with Gasteiger partial charge in [0.25, 0.3) is 0 Å². The van der Waals surface area contributed by atoms with E-state index in [9.17, 15) is 0 Å². The molecule has 0 fully saturated rings. The van der Waals surface area contributed by atoms with E-state index in [4.69, 9.17) is 11.6 Å². The van der Waals surface area contributed by atoms with Crippen molar-refractivity contribution < 1.29 is 16.9 Å². The van der Waals surface area contributed by atoms with E-state index in [0.29, 0.717) is 0 Å². The Kier molecular flexibility index (Phi) is 4.93. The van der Waals surface area contributed by atoms with Crippen LogP contribution in [0.2, 0.25) is 0 Å². The highest BCUT2D eigenvalue weighted by Crippen LogP contribution is 2.27. The molecule has 0 N–H and O–H groups in total. The zero-order chi connectivity index (χ0) is 10.1. The predicted octanol–water partition coefficient (Wildman–Crippen LogP) is -0.0574. The van der Waals surface area contributed by atoms with Crippen LogP contribution in [0.1, 0.15) is 16.6 Å². The lowest BCUT2D eigenvalue weighted by molar-refractivity contribution is -0.888. The standard InChI is InChI=1S/C11H17ClN.ClH/c1-9-5-7-10(8-6-9)11(12)13(2,3)4;/h5-8,11H,1-4H3;1H/q+1;/p-1. The van der Waals surface area contributed by atoms with Gasteiger partial charge in [-0.3, -0.25) is 0 Å². The van der Waals surface area contributed by atoms with Crippen LogP contribution in [0.15, 0.2) is 24.3 Å². The molecule has 0 amide bonds. The second-order valence-corrected chi connectivity index (χ2v) is 4.78. The molecule has 0 aliphatic carbocycles. The molecule has 1 unspecified atom stereocenters. The summed E-state index contributed by atoms with van der Waals surface area (Å²) in [6.45, 7) is 2.08. The highest BCUT2D eigenvalue weighted by Gasteiger charge is 2.22. The molecule has 1 aromatic carbocycles. The predicted molar refractivity (Wildman–Crippen MR) is 57.8 cm³/mol. The number of halogens is 2. The first kappa shape index (κ1) is 13.8. The fourth-order valence-corrected chi connectivity index (χ4v) is 1.32. The van der Waals surface area contributed by atoms with Crippen LogP contribution < -0.4 is 12.4 Å². The number of hydrogen-bond donors (Lipinski definition) is 0. The molecule has 0 saturated heterocycles. The summed E-state index contributed by atoms with van der Waals surface area (Å²) in [4.78, 5) is 0. The summed E-state index contributed by atoms with van der Waals surface area (Å²) in [6.07, 6.45) is 0. The van der Waals surface area contributed by atoms with Crippen LogP contribution in [0.4, 0.5) is 0 Å². The van der Waals surface area contributed by atoms with Gasteiger partial charge in [0.2, 0.25) is 0 Å². The van der Waals surface area contributed by atoms with Gasteiger partial charge in [-0.25, -0.2) is 0 Å². The van der Waals surface area contributed by atoms with Crippen LogP contribution in [0.5, 0.6) is 0 Å². The Morgan fingerprint density at radius 1 is 1.07 bits per heavy atom. The number of alkyl halides is 1. The monoisotopic (exact) mass is 233 g/mol. The van der Waals surface area contributed by atoms with E-state index in [1.54, 1.807) is 0 Å². The van der Waals surface area contributed by atoms with E-state index < -0.39 is 0 Å². The third kappa shape index (κ3) is 3.49. The van der Waals surface area contributed by atoms with Gasteiger partial charge in [0.1, 0.15) is 0 Å². The molecule has 1 rings (SSSR count). The zero-order valence-corrected chi connectivity index (χ0v) is 10.6. The summed E-state index contributed by atoms with van der Waals surface area (Å²) in [6, 6.07) is 8.38. The topological polar surface area (TPSA) is 0 Å². The minimum Gasteiger partial charge on any atom is -1.00 e. The SMILES string of the molecule is Cc1ccc(C(Cl)[N+](C)(C)C)cc1.[Cl-]. The van der Waals surface area contributed by atoms with E-state index in [0.717, 1.165) is 4.48 Å². The highest BCUT2D eigenvalue weighted by molar-refractivity contribution is 6.19. The maximum atomic E-state index is 6.31. The van der Waals surface area contributed by atoms with Gasteiger partial charge in [-0.15, -0.1) is 0 Å². The maximum Gasteiger partial charge on any atom is 0.190 e. The number of quaternary nitrogens is 1. The van der Waals surface area contributed by atoms with Gasteiger partial charge in [-0.2, -0.15) is 0 Å². The molecule has 14 heavy (non-hydrogen) atoms. The first-order valence-electron chi connectivity index (χ1n) is 4.43. The van der Waals surface area contributed by atoms with Crippen molar-refractivity contribution in [2.45, 2.75) is 12.4 Å². The first-order valence-corrected chi connectivity index (χ1v) is 4.86. The highest BCUT2D eigenvalue weighted by atomic mass is 35.5. The molecule has 1 nitrogen and oxygen atoms in total. The Balaban J connectivity index is 0.00000169. The van der Waals surface area contributed by atoms with Gasteiger partial charge in [0.05, 0.1) is 21.1 Å². The molecule has 3 heteroatoms. The zero-order valence-electron chi connectivity index (χ0n) is 9.09. The number of aryl methyl sites for hydroxylation is 1. The fraction of sp³-hybridized carbons (Fsp3) is 0.455. The molecule has 0 spiro atoms. The summed E-state index contributed by atoms with van der Waals surface area (Å²) in [5, 5.41) is 0. The van der Waals surface area contributed by atoms with Crippen molar-refractivity contribution in [3.63, 3.8) is 0 Å². The number of hydrogen-bond acceptors (Lipinski definition) is 0. The molecule has 0 radical (unpaired) electrons. The van der Waals surface area contributed by atoms with E-state index in [1.807, 2.05) is 0 Å². The van der Waals surface area contributed by atoms with Crippen molar-refractivity contribution in [3.8, 4) is 0 Å². The van der Waals surface area contributed by atoms with Gasteiger partial charge in [0.15, 0.2) is 5.50 Å². The molecule has 1 aromatic rings. The molecule has 0 heterocycles. The lowest BCUT2D eigenvalue weighted by Gasteiger charge is -2.29. The van der Waals surface area contributed by atoms with Crippen LogP contribution in [-0.4, -0.2) is 25.6 Å². The Hall–Kier alpha value is -0.240. The van der Waals surface area contributed by atoms with Crippen LogP contribution in [0.3, 0.4) is 0 Å². The van der Waals surface area contributed by atoms with Gasteiger partial charge in [0, 0.05) is 5.56 Å².